The van der Waals surface area contributed by atoms with E-state index < -0.39 is 0 Å². The Labute approximate surface area is 101 Å². The normalized spacial score (nSPS) is 9.41. The molecule has 0 unspecified atom stereocenters. The Morgan fingerprint density at radius 1 is 1.29 bits per heavy atom. The number of rotatable bonds is 6. The van der Waals surface area contributed by atoms with Crippen molar-refractivity contribution >= 4 is 5.97 Å². The molecule has 0 saturated carbocycles. The third kappa shape index (κ3) is 4.56. The van der Waals surface area contributed by atoms with Crippen LogP contribution in [0.25, 0.3) is 0 Å². The number of unbranched alkanes of at least 4 members (excludes halogenated alkanes) is 2. The lowest BCUT2D eigenvalue weighted by Crippen LogP contribution is -2.08. The van der Waals surface area contributed by atoms with Crippen molar-refractivity contribution in [1.82, 2.24) is 0 Å². The fourth-order valence-electron chi connectivity index (χ4n) is 1.36. The van der Waals surface area contributed by atoms with Crippen LogP contribution in [-0.2, 0) is 4.79 Å². The molecular formula is C13H15NO3. The Morgan fingerprint density at radius 2 is 2.00 bits per heavy atom. The molecule has 0 saturated heterocycles. The summed E-state index contributed by atoms with van der Waals surface area (Å²) < 4.78 is 9.82. The summed E-state index contributed by atoms with van der Waals surface area (Å²) in [6.07, 6.45) is 4.82. The fourth-order valence-corrected chi connectivity index (χ4v) is 1.36. The molecule has 0 fully saturated rings. The molecule has 0 N–H and O–H groups in total. The third-order valence-corrected chi connectivity index (χ3v) is 2.21. The summed E-state index contributed by atoms with van der Waals surface area (Å²) in [6, 6.07) is 6.61. The van der Waals surface area contributed by atoms with Crippen molar-refractivity contribution in [3.8, 4) is 17.8 Å². The lowest BCUT2D eigenvalue weighted by atomic mass is 10.2. The molecule has 0 aliphatic carbocycles. The topological polar surface area (TPSA) is 59.3 Å². The van der Waals surface area contributed by atoms with Crippen LogP contribution in [-0.4, -0.2) is 5.97 Å². The number of nitriles is 1. The number of benzene rings is 1. The van der Waals surface area contributed by atoms with Crippen LogP contribution in [0.5, 0.6) is 11.5 Å². The van der Waals surface area contributed by atoms with Crippen LogP contribution in [0.2, 0.25) is 0 Å². The van der Waals surface area contributed by atoms with Crippen LogP contribution in [0.15, 0.2) is 24.3 Å². The Kier molecular flexibility index (Phi) is 5.59. The zero-order chi connectivity index (χ0) is 12.5. The largest absolute Gasteiger partial charge is 0.422 e. The van der Waals surface area contributed by atoms with Crippen LogP contribution in [0.4, 0.5) is 0 Å². The molecule has 0 atom stereocenters. The minimum absolute atomic E-state index is 0.263. The van der Waals surface area contributed by atoms with Gasteiger partial charge < -0.3 is 9.47 Å². The van der Waals surface area contributed by atoms with Crippen LogP contribution < -0.4 is 9.47 Å². The summed E-state index contributed by atoms with van der Waals surface area (Å²) in [5, 5.41) is 8.44. The molecule has 4 nitrogen and oxygen atoms in total. The molecular weight excluding hydrogens is 218 g/mol. The summed E-state index contributed by atoms with van der Waals surface area (Å²) in [4.78, 5) is 11.5. The van der Waals surface area contributed by atoms with E-state index in [2.05, 4.69) is 6.92 Å². The molecule has 0 aliphatic rings. The first kappa shape index (κ1) is 13.0. The zero-order valence-corrected chi connectivity index (χ0v) is 9.81. The Balaban J connectivity index is 2.55. The highest BCUT2D eigenvalue weighted by atomic mass is 16.6. The van der Waals surface area contributed by atoms with E-state index in [4.69, 9.17) is 14.7 Å². The minimum atomic E-state index is -0.299. The molecule has 0 aromatic heterocycles. The number of esters is 1. The van der Waals surface area contributed by atoms with E-state index in [1.54, 1.807) is 30.5 Å². The molecule has 0 amide bonds. The summed E-state index contributed by atoms with van der Waals surface area (Å²) in [5.74, 6) is 0.252. The maximum absolute atomic E-state index is 11.5. The number of carbonyl (C=O) groups excluding carboxylic acids is 1. The Bertz CT molecular complexity index is 409. The van der Waals surface area contributed by atoms with E-state index in [-0.39, 0.29) is 17.5 Å². The second-order valence-electron chi connectivity index (χ2n) is 3.57. The van der Waals surface area contributed by atoms with Crippen molar-refractivity contribution in [3.63, 3.8) is 0 Å². The molecule has 0 radical (unpaired) electrons. The quantitative estimate of drug-likeness (QED) is 0.328. The maximum atomic E-state index is 11.5. The van der Waals surface area contributed by atoms with E-state index in [0.29, 0.717) is 6.42 Å². The molecule has 0 heterocycles. The van der Waals surface area contributed by atoms with Crippen LogP contribution in [0, 0.1) is 11.5 Å². The summed E-state index contributed by atoms with van der Waals surface area (Å²) in [6.45, 7) is 2.07. The SMILES string of the molecule is CCCCCC(=O)Oc1ccccc1OC#N. The van der Waals surface area contributed by atoms with Gasteiger partial charge >= 0.3 is 5.97 Å². The molecule has 1 rings (SSSR count). The zero-order valence-electron chi connectivity index (χ0n) is 9.81. The predicted octanol–water partition coefficient (Wildman–Crippen LogP) is 3.03. The van der Waals surface area contributed by atoms with Crippen molar-refractivity contribution in [1.29, 1.82) is 5.26 Å². The summed E-state index contributed by atoms with van der Waals surface area (Å²) in [5.41, 5.74) is 0. The molecule has 0 aliphatic heterocycles. The van der Waals surface area contributed by atoms with Gasteiger partial charge in [0.15, 0.2) is 11.5 Å². The van der Waals surface area contributed by atoms with Crippen molar-refractivity contribution in [3.05, 3.63) is 24.3 Å². The van der Waals surface area contributed by atoms with Gasteiger partial charge in [-0.05, 0) is 18.6 Å². The van der Waals surface area contributed by atoms with Gasteiger partial charge in [0.05, 0.1) is 0 Å². The maximum Gasteiger partial charge on any atom is 0.311 e. The molecule has 0 spiro atoms. The first-order valence-corrected chi connectivity index (χ1v) is 5.63. The van der Waals surface area contributed by atoms with Crippen LogP contribution in [0.1, 0.15) is 32.6 Å². The first-order chi connectivity index (χ1) is 8.27. The highest BCUT2D eigenvalue weighted by molar-refractivity contribution is 5.73. The first-order valence-electron chi connectivity index (χ1n) is 5.63. The van der Waals surface area contributed by atoms with Crippen molar-refractivity contribution in [2.45, 2.75) is 32.6 Å². The number of para-hydroxylation sites is 2. The predicted molar refractivity (Wildman–Crippen MR) is 62.5 cm³/mol. The van der Waals surface area contributed by atoms with Gasteiger partial charge in [-0.3, -0.25) is 4.79 Å². The standard InChI is InChI=1S/C13H15NO3/c1-2-3-4-9-13(15)17-12-8-6-5-7-11(12)16-10-14/h5-8H,2-4,9H2,1H3. The molecule has 0 bridgehead atoms. The molecule has 4 heteroatoms. The van der Waals surface area contributed by atoms with Gasteiger partial charge in [-0.1, -0.05) is 31.9 Å². The van der Waals surface area contributed by atoms with E-state index in [0.717, 1.165) is 19.3 Å². The average molecular weight is 233 g/mol. The van der Waals surface area contributed by atoms with Crippen LogP contribution >= 0.6 is 0 Å². The van der Waals surface area contributed by atoms with Crippen LogP contribution in [0.3, 0.4) is 0 Å². The number of nitrogens with zero attached hydrogens (tertiary/aromatic N) is 1. The van der Waals surface area contributed by atoms with Gasteiger partial charge in [0.1, 0.15) is 0 Å². The smallest absolute Gasteiger partial charge is 0.311 e. The molecule has 90 valence electrons. The minimum Gasteiger partial charge on any atom is -0.422 e. The van der Waals surface area contributed by atoms with Gasteiger partial charge in [0.2, 0.25) is 0 Å². The second kappa shape index (κ2) is 7.29. The summed E-state index contributed by atoms with van der Waals surface area (Å²) >= 11 is 0. The third-order valence-electron chi connectivity index (χ3n) is 2.21. The number of carbonyl (C=O) groups is 1. The van der Waals surface area contributed by atoms with E-state index in [1.165, 1.54) is 0 Å². The highest BCUT2D eigenvalue weighted by Crippen LogP contribution is 2.26. The molecule has 17 heavy (non-hydrogen) atoms. The Morgan fingerprint density at radius 3 is 2.65 bits per heavy atom. The summed E-state index contributed by atoms with van der Waals surface area (Å²) in [7, 11) is 0. The van der Waals surface area contributed by atoms with E-state index >= 15 is 0 Å². The van der Waals surface area contributed by atoms with Crippen molar-refractivity contribution < 1.29 is 14.3 Å². The number of ether oxygens (including phenoxy) is 2. The highest BCUT2D eigenvalue weighted by Gasteiger charge is 2.09. The van der Waals surface area contributed by atoms with Crippen molar-refractivity contribution in [2.75, 3.05) is 0 Å². The van der Waals surface area contributed by atoms with Gasteiger partial charge in [-0.2, -0.15) is 0 Å². The van der Waals surface area contributed by atoms with E-state index in [9.17, 15) is 4.79 Å². The number of hydrogen-bond acceptors (Lipinski definition) is 4. The van der Waals surface area contributed by atoms with Crippen molar-refractivity contribution in [2.24, 2.45) is 0 Å². The molecule has 1 aromatic carbocycles. The van der Waals surface area contributed by atoms with E-state index in [1.807, 2.05) is 0 Å². The molecule has 1 aromatic rings. The lowest BCUT2D eigenvalue weighted by molar-refractivity contribution is -0.134. The Hall–Kier alpha value is -2.02. The lowest BCUT2D eigenvalue weighted by Gasteiger charge is -2.06. The van der Waals surface area contributed by atoms with Gasteiger partial charge in [-0.15, -0.1) is 5.26 Å². The fraction of sp³-hybridized carbons (Fsp3) is 0.385. The van der Waals surface area contributed by atoms with Gasteiger partial charge in [0.25, 0.3) is 6.26 Å². The van der Waals surface area contributed by atoms with Gasteiger partial charge in [0, 0.05) is 6.42 Å². The monoisotopic (exact) mass is 233 g/mol. The average Bonchev–Trinajstić information content (AvgIpc) is 2.32. The second-order valence-corrected chi connectivity index (χ2v) is 3.57. The number of hydrogen-bond donors (Lipinski definition) is 0. The van der Waals surface area contributed by atoms with Gasteiger partial charge in [-0.25, -0.2) is 0 Å².